The zero-order valence-electron chi connectivity index (χ0n) is 17.5. The van der Waals surface area contributed by atoms with Crippen LogP contribution in [0.2, 0.25) is 0 Å². The molecule has 1 fully saturated rings. The number of non-ortho nitro benzene ring substituents is 1. The maximum absolute atomic E-state index is 11.9. The van der Waals surface area contributed by atoms with Crippen molar-refractivity contribution < 1.29 is 9.72 Å². The summed E-state index contributed by atoms with van der Waals surface area (Å²) in [7, 11) is 0. The Balaban J connectivity index is 1.75. The van der Waals surface area contributed by atoms with E-state index in [1.165, 1.54) is 19.1 Å². The minimum absolute atomic E-state index is 0.0203. The van der Waals surface area contributed by atoms with Crippen LogP contribution in [0.5, 0.6) is 0 Å². The molecule has 0 spiro atoms. The van der Waals surface area contributed by atoms with Gasteiger partial charge in [-0.15, -0.1) is 0 Å². The van der Waals surface area contributed by atoms with Crippen molar-refractivity contribution in [1.29, 1.82) is 0 Å². The molecule has 10 heteroatoms. The summed E-state index contributed by atoms with van der Waals surface area (Å²) in [5, 5.41) is 14.5. The predicted molar refractivity (Wildman–Crippen MR) is 118 cm³/mol. The number of nitro benzene ring substituents is 1. The number of fused-ring (bicyclic) bond motifs is 1. The van der Waals surface area contributed by atoms with Crippen molar-refractivity contribution in [1.82, 2.24) is 20.2 Å². The van der Waals surface area contributed by atoms with Gasteiger partial charge in [0.2, 0.25) is 5.91 Å². The van der Waals surface area contributed by atoms with Gasteiger partial charge < -0.3 is 15.3 Å². The number of amides is 1. The van der Waals surface area contributed by atoms with Crippen LogP contribution in [-0.4, -0.2) is 38.3 Å². The summed E-state index contributed by atoms with van der Waals surface area (Å²) in [4.78, 5) is 53.4. The highest BCUT2D eigenvalue weighted by atomic mass is 16.6. The highest BCUT2D eigenvalue weighted by molar-refractivity contribution is 5.80. The average Bonchev–Trinajstić information content (AvgIpc) is 2.76. The Morgan fingerprint density at radius 3 is 2.59 bits per heavy atom. The Hall–Kier alpha value is -3.79. The van der Waals surface area contributed by atoms with Gasteiger partial charge in [0.05, 0.1) is 16.0 Å². The molecule has 1 aliphatic rings. The van der Waals surface area contributed by atoms with Crippen molar-refractivity contribution in [2.24, 2.45) is 0 Å². The van der Waals surface area contributed by atoms with Crippen LogP contribution in [0, 0.1) is 10.1 Å². The first-order valence-corrected chi connectivity index (χ1v) is 10.3. The van der Waals surface area contributed by atoms with E-state index in [9.17, 15) is 24.5 Å². The lowest BCUT2D eigenvalue weighted by atomic mass is 9.91. The maximum atomic E-state index is 11.9. The second-order valence-electron chi connectivity index (χ2n) is 8.01. The van der Waals surface area contributed by atoms with E-state index in [0.29, 0.717) is 30.6 Å². The van der Waals surface area contributed by atoms with Crippen molar-refractivity contribution in [2.75, 3.05) is 6.54 Å². The molecule has 1 amide bonds. The third-order valence-electron chi connectivity index (χ3n) is 5.79. The molecule has 2 atom stereocenters. The van der Waals surface area contributed by atoms with Crippen LogP contribution < -0.4 is 16.4 Å². The van der Waals surface area contributed by atoms with Crippen molar-refractivity contribution in [3.8, 4) is 0 Å². The van der Waals surface area contributed by atoms with Crippen LogP contribution in [0.15, 0.2) is 52.1 Å². The van der Waals surface area contributed by atoms with E-state index in [1.807, 2.05) is 30.3 Å². The lowest BCUT2D eigenvalue weighted by Crippen LogP contribution is -2.45. The summed E-state index contributed by atoms with van der Waals surface area (Å²) in [5.41, 5.74) is 0.359. The number of aromatic nitrogens is 2. The van der Waals surface area contributed by atoms with Crippen molar-refractivity contribution in [2.45, 2.75) is 38.4 Å². The van der Waals surface area contributed by atoms with Crippen LogP contribution in [0.25, 0.3) is 11.0 Å². The third-order valence-corrected chi connectivity index (χ3v) is 5.79. The molecule has 0 saturated carbocycles. The number of benzene rings is 2. The van der Waals surface area contributed by atoms with Gasteiger partial charge in [0, 0.05) is 44.2 Å². The van der Waals surface area contributed by atoms with E-state index >= 15 is 0 Å². The highest BCUT2D eigenvalue weighted by Gasteiger charge is 2.31. The number of nitrogens with one attached hydrogen (secondary N) is 3. The molecule has 32 heavy (non-hydrogen) atoms. The molecule has 1 aromatic heterocycles. The number of carbonyl (C=O) groups is 1. The average molecular weight is 437 g/mol. The Morgan fingerprint density at radius 2 is 1.91 bits per heavy atom. The summed E-state index contributed by atoms with van der Waals surface area (Å²) >= 11 is 0. The van der Waals surface area contributed by atoms with Gasteiger partial charge >= 0.3 is 11.1 Å². The number of hydrogen-bond donors (Lipinski definition) is 3. The van der Waals surface area contributed by atoms with Crippen LogP contribution in [-0.2, 0) is 11.3 Å². The van der Waals surface area contributed by atoms with Crippen molar-refractivity contribution in [3.63, 3.8) is 0 Å². The summed E-state index contributed by atoms with van der Waals surface area (Å²) < 4.78 is 0. The molecule has 166 valence electrons. The molecule has 1 saturated heterocycles. The van der Waals surface area contributed by atoms with Gasteiger partial charge in [0.15, 0.2) is 0 Å². The minimum atomic E-state index is -0.859. The first-order valence-electron chi connectivity index (χ1n) is 10.3. The predicted octanol–water partition coefficient (Wildman–Crippen LogP) is 1.97. The van der Waals surface area contributed by atoms with Crippen LogP contribution in [0.4, 0.5) is 5.69 Å². The smallest absolute Gasteiger partial charge is 0.314 e. The van der Waals surface area contributed by atoms with Crippen LogP contribution in [0.1, 0.15) is 36.9 Å². The molecular formula is C22H23N5O5. The lowest BCUT2D eigenvalue weighted by molar-refractivity contribution is -0.384. The first-order chi connectivity index (χ1) is 15.3. The highest BCUT2D eigenvalue weighted by Crippen LogP contribution is 2.34. The number of nitro groups is 1. The number of piperidine rings is 1. The van der Waals surface area contributed by atoms with Gasteiger partial charge in [-0.2, -0.15) is 0 Å². The van der Waals surface area contributed by atoms with E-state index in [4.69, 9.17) is 0 Å². The Bertz CT molecular complexity index is 1280. The van der Waals surface area contributed by atoms with Gasteiger partial charge in [-0.1, -0.05) is 30.3 Å². The zero-order valence-corrected chi connectivity index (χ0v) is 17.5. The molecule has 2 heterocycles. The Morgan fingerprint density at radius 1 is 1.19 bits per heavy atom. The minimum Gasteiger partial charge on any atom is -0.353 e. The van der Waals surface area contributed by atoms with Crippen molar-refractivity contribution in [3.05, 3.63) is 84.4 Å². The molecule has 1 aliphatic heterocycles. The molecule has 0 radical (unpaired) electrons. The first kappa shape index (κ1) is 21.4. The SMILES string of the molecule is CC(=O)NC1CCN(Cc2cc([N+](=O)[O-])cc3[nH]c(=O)c(=O)[nH]c23)C(c2ccccc2)C1. The summed E-state index contributed by atoms with van der Waals surface area (Å²) in [6.45, 7) is 2.46. The second kappa shape index (κ2) is 8.75. The van der Waals surface area contributed by atoms with Gasteiger partial charge in [-0.05, 0) is 24.0 Å². The largest absolute Gasteiger partial charge is 0.353 e. The standard InChI is InChI=1S/C22H23N5O5/c1-13(28)23-16-7-8-26(19(10-16)14-5-3-2-4-6-14)12-15-9-17(27(31)32)11-18-20(15)25-22(30)21(29)24-18/h2-6,9,11,16,19H,7-8,10,12H2,1H3,(H,23,28)(H,24,29)(H,25,30). The maximum Gasteiger partial charge on any atom is 0.314 e. The molecule has 3 N–H and O–H groups in total. The number of hydrogen-bond acceptors (Lipinski definition) is 6. The van der Waals surface area contributed by atoms with E-state index < -0.39 is 16.0 Å². The van der Waals surface area contributed by atoms with Crippen molar-refractivity contribution >= 4 is 22.6 Å². The Labute approximate surface area is 182 Å². The molecule has 3 aromatic rings. The summed E-state index contributed by atoms with van der Waals surface area (Å²) in [6.07, 6.45) is 1.41. The second-order valence-corrected chi connectivity index (χ2v) is 8.01. The van der Waals surface area contributed by atoms with Gasteiger partial charge in [-0.25, -0.2) is 0 Å². The molecule has 0 bridgehead atoms. The third kappa shape index (κ3) is 4.45. The summed E-state index contributed by atoms with van der Waals surface area (Å²) in [6, 6.07) is 12.5. The van der Waals surface area contributed by atoms with E-state index in [0.717, 1.165) is 12.0 Å². The fraction of sp³-hybridized carbons (Fsp3) is 0.318. The van der Waals surface area contributed by atoms with Gasteiger partial charge in [0.25, 0.3) is 5.69 Å². The van der Waals surface area contributed by atoms with Crippen LogP contribution >= 0.6 is 0 Å². The molecule has 2 aromatic carbocycles. The molecule has 0 aliphatic carbocycles. The van der Waals surface area contributed by atoms with E-state index in [1.54, 1.807) is 0 Å². The zero-order chi connectivity index (χ0) is 22.8. The number of likely N-dealkylation sites (tertiary alicyclic amines) is 1. The molecule has 4 rings (SSSR count). The summed E-state index contributed by atoms with van der Waals surface area (Å²) in [5.74, 6) is -0.0820. The van der Waals surface area contributed by atoms with Gasteiger partial charge in [-0.3, -0.25) is 29.4 Å². The fourth-order valence-corrected chi connectivity index (χ4v) is 4.37. The number of carbonyl (C=O) groups excluding carboxylic acids is 1. The topological polar surface area (TPSA) is 141 Å². The molecule has 10 nitrogen and oxygen atoms in total. The number of aromatic amines is 2. The fourth-order valence-electron chi connectivity index (χ4n) is 4.37. The van der Waals surface area contributed by atoms with E-state index in [-0.39, 0.29) is 29.2 Å². The number of nitrogens with zero attached hydrogens (tertiary/aromatic N) is 2. The number of rotatable bonds is 5. The molecular weight excluding hydrogens is 414 g/mol. The lowest BCUT2D eigenvalue weighted by Gasteiger charge is -2.40. The van der Waals surface area contributed by atoms with Gasteiger partial charge in [0.1, 0.15) is 0 Å². The quantitative estimate of drug-likeness (QED) is 0.317. The van der Waals surface area contributed by atoms with E-state index in [2.05, 4.69) is 20.2 Å². The number of H-pyrrole nitrogens is 2. The van der Waals surface area contributed by atoms with Crippen LogP contribution in [0.3, 0.4) is 0 Å². The normalized spacial score (nSPS) is 19.0. The molecule has 2 unspecified atom stereocenters. The monoisotopic (exact) mass is 437 g/mol. The Kier molecular flexibility index (Phi) is 5.87.